The summed E-state index contributed by atoms with van der Waals surface area (Å²) in [5, 5.41) is 3.04. The van der Waals surface area contributed by atoms with Crippen molar-refractivity contribution in [1.29, 1.82) is 0 Å². The number of aromatic amines is 1. The van der Waals surface area contributed by atoms with Crippen LogP contribution in [-0.4, -0.2) is 74.4 Å². The Morgan fingerprint density at radius 1 is 1.02 bits per heavy atom. The quantitative estimate of drug-likeness (QED) is 0.379. The highest BCUT2D eigenvalue weighted by atomic mass is 19.4. The number of hydrogen-bond donors (Lipinski definition) is 1. The average molecular weight is 563 g/mol. The summed E-state index contributed by atoms with van der Waals surface area (Å²) >= 11 is 0. The van der Waals surface area contributed by atoms with Crippen LogP contribution in [0.25, 0.3) is 22.2 Å². The second-order valence-corrected chi connectivity index (χ2v) is 10.3. The second kappa shape index (κ2) is 10.8. The fraction of sp³-hybridized carbons (Fsp3) is 0.385. The first kappa shape index (κ1) is 28.8. The molecular formula is C26H29F3N6O5. The van der Waals surface area contributed by atoms with Crippen molar-refractivity contribution in [1.82, 2.24) is 24.7 Å². The van der Waals surface area contributed by atoms with Gasteiger partial charge >= 0.3 is 18.0 Å². The number of rotatable bonds is 4. The minimum absolute atomic E-state index is 0. The van der Waals surface area contributed by atoms with Crippen molar-refractivity contribution in [3.05, 3.63) is 64.6 Å². The van der Waals surface area contributed by atoms with E-state index in [-0.39, 0.29) is 17.3 Å². The number of nitrogens with zero attached hydrogens (tertiary/aromatic N) is 5. The minimum atomic E-state index is -4.81. The molecule has 1 aliphatic rings. The lowest BCUT2D eigenvalue weighted by atomic mass is 10.2. The summed E-state index contributed by atoms with van der Waals surface area (Å²) < 4.78 is 50.0. The lowest BCUT2D eigenvalue weighted by Gasteiger charge is -2.35. The van der Waals surface area contributed by atoms with Gasteiger partial charge in [0, 0.05) is 32.7 Å². The number of alkyl halides is 3. The van der Waals surface area contributed by atoms with Gasteiger partial charge in [-0.1, -0.05) is 22.0 Å². The van der Waals surface area contributed by atoms with Crippen LogP contribution < -0.4 is 14.8 Å². The minimum Gasteiger partial charge on any atom is -0.870 e. The van der Waals surface area contributed by atoms with Gasteiger partial charge in [-0.05, 0) is 57.2 Å². The summed E-state index contributed by atoms with van der Waals surface area (Å²) in [4.78, 5) is 34.6. The molecule has 2 aromatic carbocycles. The van der Waals surface area contributed by atoms with Gasteiger partial charge in [0.05, 0.1) is 0 Å². The maximum Gasteiger partial charge on any atom is 0.573 e. The topological polar surface area (TPSA) is 127 Å². The van der Waals surface area contributed by atoms with Gasteiger partial charge in [-0.3, -0.25) is 4.90 Å². The number of ether oxygens (including phenoxy) is 2. The molecule has 4 aromatic rings. The van der Waals surface area contributed by atoms with Gasteiger partial charge in [0.25, 0.3) is 5.52 Å². The van der Waals surface area contributed by atoms with Crippen LogP contribution in [0.4, 0.5) is 18.0 Å². The average Bonchev–Trinajstić information content (AvgIpc) is 3.21. The molecule has 1 aliphatic heterocycles. The number of nitrogens with one attached hydrogen (secondary N) is 1. The molecule has 1 saturated heterocycles. The van der Waals surface area contributed by atoms with Crippen LogP contribution in [-0.2, 0) is 11.3 Å². The molecule has 1 fully saturated rings. The number of benzene rings is 2. The number of carbonyl (C=O) groups excluding carboxylic acids is 1. The van der Waals surface area contributed by atoms with Crippen molar-refractivity contribution in [3.63, 3.8) is 0 Å². The molecular weight excluding hydrogens is 533 g/mol. The molecule has 5 rings (SSSR count). The highest BCUT2D eigenvalue weighted by Crippen LogP contribution is 2.23. The molecule has 0 spiro atoms. The molecule has 1 amide bonds. The van der Waals surface area contributed by atoms with E-state index in [1.807, 2.05) is 45.0 Å². The van der Waals surface area contributed by atoms with E-state index in [1.165, 1.54) is 16.8 Å². The van der Waals surface area contributed by atoms with Gasteiger partial charge in [0.15, 0.2) is 11.2 Å². The number of halogens is 3. The Hall–Kier alpha value is -4.17. The van der Waals surface area contributed by atoms with Crippen molar-refractivity contribution in [3.8, 4) is 11.4 Å². The Balaban J connectivity index is 0.00000370. The Morgan fingerprint density at radius 3 is 2.30 bits per heavy atom. The molecule has 0 unspecified atom stereocenters. The molecule has 0 bridgehead atoms. The summed E-state index contributed by atoms with van der Waals surface area (Å²) in [7, 11) is 0. The van der Waals surface area contributed by atoms with Gasteiger partial charge in [0.1, 0.15) is 22.6 Å². The number of para-hydroxylation sites is 2. The monoisotopic (exact) mass is 562 g/mol. The van der Waals surface area contributed by atoms with E-state index in [0.717, 1.165) is 12.1 Å². The van der Waals surface area contributed by atoms with E-state index in [9.17, 15) is 22.8 Å². The summed E-state index contributed by atoms with van der Waals surface area (Å²) in [6.45, 7) is 7.92. The lowest BCUT2D eigenvalue weighted by Crippen LogP contribution is -2.49. The van der Waals surface area contributed by atoms with E-state index in [4.69, 9.17) is 9.72 Å². The molecule has 0 radical (unpaired) electrons. The summed E-state index contributed by atoms with van der Waals surface area (Å²) in [5.74, 6) is -0.388. The molecule has 2 N–H and O–H groups in total. The van der Waals surface area contributed by atoms with E-state index in [2.05, 4.69) is 14.9 Å². The van der Waals surface area contributed by atoms with Gasteiger partial charge < -0.3 is 19.8 Å². The van der Waals surface area contributed by atoms with Crippen LogP contribution >= 0.6 is 0 Å². The van der Waals surface area contributed by atoms with Gasteiger partial charge in [-0.2, -0.15) is 0 Å². The molecule has 0 saturated carbocycles. The number of aromatic nitrogens is 4. The maximum absolute atomic E-state index is 13.6. The standard InChI is InChI=1S/C26H27F3N6O4.H2O/c1-25(2,3)39-24(37)33-14-12-32(13-15-33)16-20-22-23(36)34(17-8-10-18(11-9-17)38-26(27,28)29)31-35(22)21-7-5-4-6-19(21)30-20;/h4-11H,12-16H2,1-3H3;1H2. The Kier molecular flexibility index (Phi) is 7.76. The van der Waals surface area contributed by atoms with E-state index < -0.39 is 17.5 Å². The van der Waals surface area contributed by atoms with Crippen LogP contribution in [0.15, 0.2) is 53.3 Å². The first-order valence-electron chi connectivity index (χ1n) is 12.4. The predicted octanol–water partition coefficient (Wildman–Crippen LogP) is 3.23. The molecule has 3 heterocycles. The first-order valence-corrected chi connectivity index (χ1v) is 12.4. The smallest absolute Gasteiger partial charge is 0.573 e. The zero-order valence-corrected chi connectivity index (χ0v) is 22.1. The number of carbonyl (C=O) groups is 1. The lowest BCUT2D eigenvalue weighted by molar-refractivity contribution is -0.556. The molecule has 0 atom stereocenters. The van der Waals surface area contributed by atoms with Gasteiger partial charge in [-0.15, -0.1) is 17.7 Å². The molecule has 2 aromatic heterocycles. The zero-order valence-electron chi connectivity index (χ0n) is 22.1. The van der Waals surface area contributed by atoms with E-state index in [0.29, 0.717) is 60.7 Å². The highest BCUT2D eigenvalue weighted by Gasteiger charge is 2.32. The number of fused-ring (bicyclic) bond motifs is 3. The van der Waals surface area contributed by atoms with Crippen LogP contribution in [0, 0.1) is 0 Å². The number of piperazine rings is 1. The molecule has 0 aliphatic carbocycles. The van der Waals surface area contributed by atoms with Gasteiger partial charge in [0.2, 0.25) is 0 Å². The number of amides is 1. The highest BCUT2D eigenvalue weighted by molar-refractivity contribution is 5.73. The van der Waals surface area contributed by atoms with Crippen LogP contribution in [0.5, 0.6) is 5.75 Å². The van der Waals surface area contributed by atoms with Crippen LogP contribution in [0.1, 0.15) is 26.5 Å². The third-order valence-electron chi connectivity index (χ3n) is 6.21. The Bertz CT molecular complexity index is 1570. The zero-order chi connectivity index (χ0) is 27.9. The third-order valence-corrected chi connectivity index (χ3v) is 6.21. The fourth-order valence-corrected chi connectivity index (χ4v) is 4.48. The maximum atomic E-state index is 13.6. The van der Waals surface area contributed by atoms with E-state index in [1.54, 1.807) is 9.42 Å². The number of hydrogen-bond acceptors (Lipinski definition) is 7. The van der Waals surface area contributed by atoms with Gasteiger partial charge in [-0.25, -0.2) is 14.6 Å². The van der Waals surface area contributed by atoms with E-state index >= 15 is 0 Å². The summed E-state index contributed by atoms with van der Waals surface area (Å²) in [6, 6.07) is 12.3. The SMILES string of the molecule is CC(C)(C)OC(=O)N1CCN(Cc2nc3ccccc3[n+]3[nH]n(-c4ccc(OC(F)(F)F)cc4)c(=O)c23)CC1.[OH-]. The van der Waals surface area contributed by atoms with Crippen molar-refractivity contribution in [2.75, 3.05) is 26.2 Å². The molecule has 40 heavy (non-hydrogen) atoms. The molecule has 11 nitrogen and oxygen atoms in total. The van der Waals surface area contributed by atoms with Crippen molar-refractivity contribution >= 4 is 22.6 Å². The third kappa shape index (κ3) is 6.18. The summed E-state index contributed by atoms with van der Waals surface area (Å²) in [6.07, 6.45) is -5.17. The van der Waals surface area contributed by atoms with Crippen LogP contribution in [0.2, 0.25) is 0 Å². The Morgan fingerprint density at radius 2 is 1.68 bits per heavy atom. The fourth-order valence-electron chi connectivity index (χ4n) is 4.48. The molecule has 214 valence electrons. The number of H-pyrrole nitrogens is 1. The van der Waals surface area contributed by atoms with Crippen molar-refractivity contribution in [2.24, 2.45) is 0 Å². The largest absolute Gasteiger partial charge is 0.870 e. The normalized spacial score (nSPS) is 14.8. The summed E-state index contributed by atoms with van der Waals surface area (Å²) in [5.41, 5.74) is 1.54. The predicted molar refractivity (Wildman–Crippen MR) is 137 cm³/mol. The van der Waals surface area contributed by atoms with Crippen molar-refractivity contribution < 1.29 is 37.4 Å². The Labute approximate surface area is 226 Å². The molecule has 14 heteroatoms. The van der Waals surface area contributed by atoms with Crippen molar-refractivity contribution in [2.45, 2.75) is 39.3 Å². The first-order chi connectivity index (χ1) is 18.4. The van der Waals surface area contributed by atoms with Crippen LogP contribution in [0.3, 0.4) is 0 Å². The second-order valence-electron chi connectivity index (χ2n) is 10.3.